The third-order valence-electron chi connectivity index (χ3n) is 2.62. The summed E-state index contributed by atoms with van der Waals surface area (Å²) < 4.78 is 24.8. The van der Waals surface area contributed by atoms with Gasteiger partial charge in [0.2, 0.25) is 0 Å². The van der Waals surface area contributed by atoms with Crippen molar-refractivity contribution in [1.82, 2.24) is 0 Å². The zero-order valence-electron chi connectivity index (χ0n) is 11.1. The molecule has 110 valence electrons. The van der Waals surface area contributed by atoms with Gasteiger partial charge in [-0.25, -0.2) is 9.18 Å². The summed E-state index contributed by atoms with van der Waals surface area (Å²) in [7, 11) is -1.42. The summed E-state index contributed by atoms with van der Waals surface area (Å²) in [4.78, 5) is 11.8. The van der Waals surface area contributed by atoms with Crippen LogP contribution in [0.5, 0.6) is 5.75 Å². The first kappa shape index (κ1) is 15.0. The van der Waals surface area contributed by atoms with Crippen LogP contribution < -0.4 is 10.6 Å². The molecule has 0 radical (unpaired) electrons. The second kappa shape index (κ2) is 6.36. The van der Waals surface area contributed by atoms with E-state index in [2.05, 4.69) is 10.6 Å². The molecule has 0 fully saturated rings. The van der Waals surface area contributed by atoms with Crippen molar-refractivity contribution >= 4 is 28.2 Å². The van der Waals surface area contributed by atoms with Gasteiger partial charge in [-0.3, -0.25) is 4.21 Å². The number of phenols is 1. The zero-order valence-corrected chi connectivity index (χ0v) is 11.9. The Morgan fingerprint density at radius 3 is 2.24 bits per heavy atom. The second-order valence-electron chi connectivity index (χ2n) is 4.23. The molecule has 0 bridgehead atoms. The highest BCUT2D eigenvalue weighted by atomic mass is 32.2. The number of phenolic OH excluding ortho intramolecular Hbond substituents is 1. The average Bonchev–Trinajstić information content (AvgIpc) is 2.41. The molecule has 0 aliphatic rings. The van der Waals surface area contributed by atoms with Gasteiger partial charge in [0.15, 0.2) is 0 Å². The Kier molecular flexibility index (Phi) is 4.54. The van der Waals surface area contributed by atoms with Crippen molar-refractivity contribution in [3.8, 4) is 5.75 Å². The van der Waals surface area contributed by atoms with Crippen molar-refractivity contribution in [2.75, 3.05) is 16.9 Å². The molecule has 0 aromatic heterocycles. The van der Waals surface area contributed by atoms with E-state index in [1.165, 1.54) is 42.7 Å². The quantitative estimate of drug-likeness (QED) is 0.763. The summed E-state index contributed by atoms with van der Waals surface area (Å²) in [6, 6.07) is 9.30. The van der Waals surface area contributed by atoms with E-state index >= 15 is 0 Å². The van der Waals surface area contributed by atoms with Crippen LogP contribution in [0.15, 0.2) is 47.4 Å². The molecule has 3 N–H and O–H groups in total. The maximum Gasteiger partial charge on any atom is 0.323 e. The van der Waals surface area contributed by atoms with Crippen LogP contribution in [0.3, 0.4) is 0 Å². The summed E-state index contributed by atoms with van der Waals surface area (Å²) in [6.45, 7) is 0. The number of hydrogen-bond acceptors (Lipinski definition) is 3. The number of rotatable bonds is 3. The van der Waals surface area contributed by atoms with Crippen LogP contribution in [0.4, 0.5) is 20.6 Å². The van der Waals surface area contributed by atoms with Gasteiger partial charge < -0.3 is 15.7 Å². The van der Waals surface area contributed by atoms with E-state index < -0.39 is 22.6 Å². The lowest BCUT2D eigenvalue weighted by atomic mass is 10.3. The maximum atomic E-state index is 13.6. The molecule has 5 nitrogen and oxygen atoms in total. The maximum absolute atomic E-state index is 13.6. The zero-order chi connectivity index (χ0) is 15.4. The van der Waals surface area contributed by atoms with Gasteiger partial charge in [-0.05, 0) is 42.5 Å². The molecule has 2 amide bonds. The molecule has 0 saturated heterocycles. The van der Waals surface area contributed by atoms with Gasteiger partial charge in [0.25, 0.3) is 0 Å². The van der Waals surface area contributed by atoms with Gasteiger partial charge in [0, 0.05) is 17.6 Å². The molecular weight excluding hydrogens is 295 g/mol. The Bertz CT molecular complexity index is 689. The summed E-state index contributed by atoms with van der Waals surface area (Å²) in [6.07, 6.45) is 1.38. The van der Waals surface area contributed by atoms with Gasteiger partial charge in [-0.1, -0.05) is 0 Å². The lowest BCUT2D eigenvalue weighted by Gasteiger charge is -2.08. The molecule has 0 saturated carbocycles. The molecule has 0 spiro atoms. The topological polar surface area (TPSA) is 78.4 Å². The van der Waals surface area contributed by atoms with Gasteiger partial charge in [-0.2, -0.15) is 0 Å². The SMILES string of the molecule is CS(=O)c1ccc(NC(=O)Nc2ccc(O)cc2)cc1F. The monoisotopic (exact) mass is 308 g/mol. The predicted octanol–water partition coefficient (Wildman–Crippen LogP) is 2.91. The van der Waals surface area contributed by atoms with Crippen molar-refractivity contribution in [2.24, 2.45) is 0 Å². The number of anilines is 2. The first-order valence-electron chi connectivity index (χ1n) is 5.96. The van der Waals surface area contributed by atoms with Gasteiger partial charge >= 0.3 is 6.03 Å². The lowest BCUT2D eigenvalue weighted by molar-refractivity contribution is 0.262. The fraction of sp³-hybridized carbons (Fsp3) is 0.0714. The molecule has 21 heavy (non-hydrogen) atoms. The van der Waals surface area contributed by atoms with Crippen LogP contribution in [0.25, 0.3) is 0 Å². The molecule has 2 rings (SSSR count). The molecule has 2 aromatic rings. The van der Waals surface area contributed by atoms with Crippen molar-refractivity contribution in [2.45, 2.75) is 4.90 Å². The Balaban J connectivity index is 2.04. The fourth-order valence-corrected chi connectivity index (χ4v) is 2.24. The van der Waals surface area contributed by atoms with Crippen LogP contribution in [0.2, 0.25) is 0 Å². The number of nitrogens with one attached hydrogen (secondary N) is 2. The molecule has 0 aliphatic heterocycles. The van der Waals surface area contributed by atoms with Crippen molar-refractivity contribution in [3.63, 3.8) is 0 Å². The first-order valence-corrected chi connectivity index (χ1v) is 7.51. The number of carbonyl (C=O) groups is 1. The van der Waals surface area contributed by atoms with Crippen molar-refractivity contribution in [3.05, 3.63) is 48.3 Å². The Hall–Kier alpha value is -2.41. The molecular formula is C14H13FN2O3S. The number of carbonyl (C=O) groups excluding carboxylic acids is 1. The summed E-state index contributed by atoms with van der Waals surface area (Å²) in [5.41, 5.74) is 0.732. The van der Waals surface area contributed by atoms with E-state index in [1.54, 1.807) is 0 Å². The number of benzene rings is 2. The fourth-order valence-electron chi connectivity index (χ4n) is 1.65. The third kappa shape index (κ3) is 4.03. The number of hydrogen-bond donors (Lipinski definition) is 3. The first-order chi connectivity index (χ1) is 9.95. The Morgan fingerprint density at radius 2 is 1.67 bits per heavy atom. The van der Waals surface area contributed by atoms with Gasteiger partial charge in [-0.15, -0.1) is 0 Å². The second-order valence-corrected chi connectivity index (χ2v) is 5.57. The third-order valence-corrected chi connectivity index (χ3v) is 3.58. The minimum atomic E-state index is -1.42. The van der Waals surface area contributed by atoms with Gasteiger partial charge in [0.05, 0.1) is 15.7 Å². The largest absolute Gasteiger partial charge is 0.508 e. The molecule has 7 heteroatoms. The molecule has 0 heterocycles. The highest BCUT2D eigenvalue weighted by Gasteiger charge is 2.09. The average molecular weight is 308 g/mol. The van der Waals surface area contributed by atoms with Crippen LogP contribution in [-0.4, -0.2) is 21.6 Å². The highest BCUT2D eigenvalue weighted by Crippen LogP contribution is 2.18. The summed E-state index contributed by atoms with van der Waals surface area (Å²) in [5, 5.41) is 14.1. The number of aromatic hydroxyl groups is 1. The lowest BCUT2D eigenvalue weighted by Crippen LogP contribution is -2.19. The van der Waals surface area contributed by atoms with E-state index in [0.29, 0.717) is 5.69 Å². The number of amides is 2. The Morgan fingerprint density at radius 1 is 1.10 bits per heavy atom. The standard InChI is InChI=1S/C14H13FN2O3S/c1-21(20)13-7-4-10(8-12(13)15)17-14(19)16-9-2-5-11(18)6-3-9/h2-8,18H,1H3,(H2,16,17,19). The van der Waals surface area contributed by atoms with Crippen molar-refractivity contribution in [1.29, 1.82) is 0 Å². The molecule has 1 unspecified atom stereocenters. The van der Waals surface area contributed by atoms with E-state index in [1.807, 2.05) is 0 Å². The molecule has 2 aromatic carbocycles. The van der Waals surface area contributed by atoms with Crippen molar-refractivity contribution < 1.29 is 18.5 Å². The highest BCUT2D eigenvalue weighted by molar-refractivity contribution is 7.84. The molecule has 0 aliphatic carbocycles. The van der Waals surface area contributed by atoms with Gasteiger partial charge in [0.1, 0.15) is 11.6 Å². The van der Waals surface area contributed by atoms with Crippen LogP contribution in [0, 0.1) is 5.82 Å². The number of halogens is 1. The minimum Gasteiger partial charge on any atom is -0.508 e. The normalized spacial score (nSPS) is 11.7. The van der Waals surface area contributed by atoms with E-state index in [4.69, 9.17) is 5.11 Å². The Labute approximate surface area is 123 Å². The van der Waals surface area contributed by atoms with E-state index in [0.717, 1.165) is 6.07 Å². The minimum absolute atomic E-state index is 0.0829. The summed E-state index contributed by atoms with van der Waals surface area (Å²) >= 11 is 0. The molecule has 1 atom stereocenters. The van der Waals surface area contributed by atoms with E-state index in [9.17, 15) is 13.4 Å². The van der Waals surface area contributed by atoms with Crippen LogP contribution in [-0.2, 0) is 10.8 Å². The van der Waals surface area contributed by atoms with Crippen LogP contribution in [0.1, 0.15) is 0 Å². The summed E-state index contributed by atoms with van der Waals surface area (Å²) in [5.74, 6) is -0.551. The smallest absolute Gasteiger partial charge is 0.323 e. The predicted molar refractivity (Wildman–Crippen MR) is 79.5 cm³/mol. The van der Waals surface area contributed by atoms with E-state index in [-0.39, 0.29) is 16.3 Å². The van der Waals surface area contributed by atoms with Crippen LogP contribution >= 0.6 is 0 Å². The number of urea groups is 1.